The number of carbonyl (C=O) groups is 1. The van der Waals surface area contributed by atoms with Crippen LogP contribution in [0.25, 0.3) is 22.4 Å². The third-order valence-corrected chi connectivity index (χ3v) is 4.37. The number of aromatic amines is 1. The van der Waals surface area contributed by atoms with Gasteiger partial charge in [0.25, 0.3) is 11.6 Å². The van der Waals surface area contributed by atoms with Crippen LogP contribution in [-0.2, 0) is 0 Å². The number of anilines is 1. The van der Waals surface area contributed by atoms with Crippen molar-refractivity contribution in [2.24, 2.45) is 0 Å². The highest BCUT2D eigenvalue weighted by Gasteiger charge is 2.11. The lowest BCUT2D eigenvalue weighted by atomic mass is 10.1. The summed E-state index contributed by atoms with van der Waals surface area (Å²) in [6.45, 7) is 0. The van der Waals surface area contributed by atoms with E-state index in [0.29, 0.717) is 33.7 Å². The van der Waals surface area contributed by atoms with Crippen molar-refractivity contribution in [1.82, 2.24) is 9.97 Å². The number of nitrogens with zero attached hydrogens (tertiary/aromatic N) is 3. The van der Waals surface area contributed by atoms with Gasteiger partial charge >= 0.3 is 0 Å². The predicted octanol–water partition coefficient (Wildman–Crippen LogP) is 4.26. The zero-order valence-electron chi connectivity index (χ0n) is 14.9. The molecule has 4 aromatic rings. The number of non-ortho nitro benzene ring substituents is 1. The smallest absolute Gasteiger partial charge is 0.271 e. The molecule has 4 rings (SSSR count). The summed E-state index contributed by atoms with van der Waals surface area (Å²) in [5, 5.41) is 22.5. The molecule has 0 aliphatic carbocycles. The average Bonchev–Trinajstić information content (AvgIpc) is 3.17. The fourth-order valence-corrected chi connectivity index (χ4v) is 2.86. The van der Waals surface area contributed by atoms with E-state index in [1.165, 1.54) is 12.1 Å². The highest BCUT2D eigenvalue weighted by Crippen LogP contribution is 2.25. The number of hydrogen-bond donors (Lipinski definition) is 2. The molecule has 3 aromatic carbocycles. The number of benzene rings is 3. The first-order valence-corrected chi connectivity index (χ1v) is 8.59. The Kier molecular flexibility index (Phi) is 4.47. The Bertz CT molecular complexity index is 1270. The number of imidazole rings is 1. The lowest BCUT2D eigenvalue weighted by molar-refractivity contribution is -0.384. The SMILES string of the molecule is N#Cc1ccc(C(=O)Nc2ccc(-c3nc4ccc([N+](=O)[O-])cc4[nH]3)cc2)cc1. The van der Waals surface area contributed by atoms with Crippen molar-refractivity contribution in [1.29, 1.82) is 5.26 Å². The van der Waals surface area contributed by atoms with Crippen molar-refractivity contribution in [3.05, 3.63) is 88.0 Å². The van der Waals surface area contributed by atoms with E-state index in [1.54, 1.807) is 54.6 Å². The maximum Gasteiger partial charge on any atom is 0.271 e. The van der Waals surface area contributed by atoms with Crippen LogP contribution in [0.15, 0.2) is 66.7 Å². The van der Waals surface area contributed by atoms with Crippen LogP contribution in [0.4, 0.5) is 11.4 Å². The van der Waals surface area contributed by atoms with Crippen LogP contribution in [0.5, 0.6) is 0 Å². The standard InChI is InChI=1S/C21H13N5O3/c22-12-13-1-3-15(4-2-13)21(27)23-16-7-5-14(6-8-16)20-24-18-10-9-17(26(28)29)11-19(18)25-20/h1-11H,(H,23,27)(H,24,25). The van der Waals surface area contributed by atoms with Crippen molar-refractivity contribution >= 4 is 28.3 Å². The van der Waals surface area contributed by atoms with Crippen LogP contribution >= 0.6 is 0 Å². The quantitative estimate of drug-likeness (QED) is 0.402. The lowest BCUT2D eigenvalue weighted by Gasteiger charge is -2.06. The molecule has 1 heterocycles. The Balaban J connectivity index is 1.53. The maximum atomic E-state index is 12.3. The molecule has 0 unspecified atom stereocenters. The Hall–Kier alpha value is -4.51. The molecule has 0 fully saturated rings. The third kappa shape index (κ3) is 3.65. The topological polar surface area (TPSA) is 125 Å². The number of nitro benzene ring substituents is 1. The highest BCUT2D eigenvalue weighted by atomic mass is 16.6. The van der Waals surface area contributed by atoms with Crippen LogP contribution in [0.1, 0.15) is 15.9 Å². The van der Waals surface area contributed by atoms with Gasteiger partial charge in [-0.1, -0.05) is 0 Å². The van der Waals surface area contributed by atoms with Crippen molar-refractivity contribution in [3.63, 3.8) is 0 Å². The van der Waals surface area contributed by atoms with Gasteiger partial charge in [-0.15, -0.1) is 0 Å². The van der Waals surface area contributed by atoms with Crippen molar-refractivity contribution in [3.8, 4) is 17.5 Å². The molecule has 1 amide bonds. The monoisotopic (exact) mass is 383 g/mol. The minimum atomic E-state index is -0.453. The second-order valence-corrected chi connectivity index (χ2v) is 6.26. The minimum absolute atomic E-state index is 0.00596. The molecular weight excluding hydrogens is 370 g/mol. The van der Waals surface area contributed by atoms with Gasteiger partial charge in [0.2, 0.25) is 0 Å². The number of hydrogen-bond acceptors (Lipinski definition) is 5. The molecule has 0 saturated carbocycles. The molecule has 0 radical (unpaired) electrons. The van der Waals surface area contributed by atoms with Gasteiger partial charge in [-0.3, -0.25) is 14.9 Å². The van der Waals surface area contributed by atoms with E-state index < -0.39 is 4.92 Å². The van der Waals surface area contributed by atoms with Gasteiger partial charge in [-0.05, 0) is 54.6 Å². The van der Waals surface area contributed by atoms with Crippen LogP contribution in [0.2, 0.25) is 0 Å². The van der Waals surface area contributed by atoms with Gasteiger partial charge in [0.15, 0.2) is 0 Å². The summed E-state index contributed by atoms with van der Waals surface area (Å²) >= 11 is 0. The maximum absolute atomic E-state index is 12.3. The first-order valence-electron chi connectivity index (χ1n) is 8.59. The average molecular weight is 383 g/mol. The molecule has 140 valence electrons. The molecule has 8 heteroatoms. The minimum Gasteiger partial charge on any atom is -0.338 e. The summed E-state index contributed by atoms with van der Waals surface area (Å²) in [6.07, 6.45) is 0. The Morgan fingerprint density at radius 2 is 1.79 bits per heavy atom. The Labute approximate surface area is 164 Å². The number of nitrogens with one attached hydrogen (secondary N) is 2. The van der Waals surface area contributed by atoms with Gasteiger partial charge in [0.05, 0.1) is 27.6 Å². The Morgan fingerprint density at radius 3 is 2.45 bits per heavy atom. The van der Waals surface area contributed by atoms with Gasteiger partial charge in [-0.25, -0.2) is 4.98 Å². The van der Waals surface area contributed by atoms with Crippen LogP contribution in [0, 0.1) is 21.4 Å². The van der Waals surface area contributed by atoms with E-state index in [2.05, 4.69) is 15.3 Å². The molecule has 0 saturated heterocycles. The lowest BCUT2D eigenvalue weighted by Crippen LogP contribution is -2.11. The number of nitro groups is 1. The third-order valence-electron chi connectivity index (χ3n) is 4.37. The molecule has 2 N–H and O–H groups in total. The zero-order valence-corrected chi connectivity index (χ0v) is 14.9. The number of fused-ring (bicyclic) bond motifs is 1. The number of H-pyrrole nitrogens is 1. The van der Waals surface area contributed by atoms with E-state index in [9.17, 15) is 14.9 Å². The number of aromatic nitrogens is 2. The van der Waals surface area contributed by atoms with E-state index in [-0.39, 0.29) is 11.6 Å². The fourth-order valence-electron chi connectivity index (χ4n) is 2.86. The first kappa shape index (κ1) is 17.9. The van der Waals surface area contributed by atoms with Gasteiger partial charge in [0.1, 0.15) is 5.82 Å². The van der Waals surface area contributed by atoms with E-state index in [4.69, 9.17) is 5.26 Å². The van der Waals surface area contributed by atoms with E-state index in [1.807, 2.05) is 6.07 Å². The summed E-state index contributed by atoms with van der Waals surface area (Å²) in [4.78, 5) is 30.3. The van der Waals surface area contributed by atoms with Gasteiger partial charge < -0.3 is 10.3 Å². The summed E-state index contributed by atoms with van der Waals surface area (Å²) in [7, 11) is 0. The summed E-state index contributed by atoms with van der Waals surface area (Å²) in [6, 6.07) is 19.9. The second kappa shape index (κ2) is 7.25. The zero-order chi connectivity index (χ0) is 20.4. The van der Waals surface area contributed by atoms with Crippen LogP contribution in [0.3, 0.4) is 0 Å². The predicted molar refractivity (Wildman–Crippen MR) is 107 cm³/mol. The number of amides is 1. The molecule has 0 bridgehead atoms. The highest BCUT2D eigenvalue weighted by molar-refractivity contribution is 6.04. The van der Waals surface area contributed by atoms with Crippen molar-refractivity contribution in [2.45, 2.75) is 0 Å². The van der Waals surface area contributed by atoms with E-state index in [0.717, 1.165) is 5.56 Å². The second-order valence-electron chi connectivity index (χ2n) is 6.26. The van der Waals surface area contributed by atoms with Crippen molar-refractivity contribution < 1.29 is 9.72 Å². The van der Waals surface area contributed by atoms with Crippen LogP contribution < -0.4 is 5.32 Å². The molecule has 29 heavy (non-hydrogen) atoms. The summed E-state index contributed by atoms with van der Waals surface area (Å²) in [5.74, 6) is 0.295. The fraction of sp³-hybridized carbons (Fsp3) is 0. The number of nitriles is 1. The molecule has 0 aliphatic rings. The molecule has 1 aromatic heterocycles. The molecule has 0 aliphatic heterocycles. The normalized spacial score (nSPS) is 10.4. The van der Waals surface area contributed by atoms with Crippen LogP contribution in [-0.4, -0.2) is 20.8 Å². The summed E-state index contributed by atoms with van der Waals surface area (Å²) < 4.78 is 0. The molecule has 8 nitrogen and oxygen atoms in total. The first-order chi connectivity index (χ1) is 14.0. The summed E-state index contributed by atoms with van der Waals surface area (Å²) in [5.41, 5.74) is 3.52. The van der Waals surface area contributed by atoms with Gasteiger partial charge in [0, 0.05) is 28.9 Å². The number of carbonyl (C=O) groups excluding carboxylic acids is 1. The van der Waals surface area contributed by atoms with Gasteiger partial charge in [-0.2, -0.15) is 5.26 Å². The van der Waals surface area contributed by atoms with E-state index >= 15 is 0 Å². The molecule has 0 spiro atoms. The largest absolute Gasteiger partial charge is 0.338 e. The molecule has 0 atom stereocenters. The molecular formula is C21H13N5O3. The van der Waals surface area contributed by atoms with Crippen molar-refractivity contribution in [2.75, 3.05) is 5.32 Å². The Morgan fingerprint density at radius 1 is 1.07 bits per heavy atom. The number of rotatable bonds is 4.